The Balaban J connectivity index is 2.00. The SMILES string of the molecule is N#Cc1c(-c2cccc(C(F)(F)F)c2)ccn2c1nc1ccccc12. The van der Waals surface area contributed by atoms with Crippen molar-refractivity contribution in [2.75, 3.05) is 0 Å². The van der Waals surface area contributed by atoms with Gasteiger partial charge in [-0.25, -0.2) is 4.98 Å². The Kier molecular flexibility index (Phi) is 3.25. The van der Waals surface area contributed by atoms with Gasteiger partial charge in [0.05, 0.1) is 16.6 Å². The number of fused-ring (bicyclic) bond motifs is 3. The van der Waals surface area contributed by atoms with Crippen molar-refractivity contribution in [3.8, 4) is 17.2 Å². The molecule has 0 bridgehead atoms. The largest absolute Gasteiger partial charge is 0.416 e. The summed E-state index contributed by atoms with van der Waals surface area (Å²) in [5.74, 6) is 0. The number of imidazole rings is 1. The molecule has 0 unspecified atom stereocenters. The van der Waals surface area contributed by atoms with Gasteiger partial charge in [0.15, 0.2) is 5.65 Å². The average molecular weight is 337 g/mol. The minimum Gasteiger partial charge on any atom is -0.299 e. The topological polar surface area (TPSA) is 41.1 Å². The first-order valence-corrected chi connectivity index (χ1v) is 7.46. The van der Waals surface area contributed by atoms with Crippen LogP contribution in [0.2, 0.25) is 0 Å². The third-order valence-corrected chi connectivity index (χ3v) is 4.09. The molecule has 0 saturated heterocycles. The molecule has 6 heteroatoms. The maximum absolute atomic E-state index is 13.0. The van der Waals surface area contributed by atoms with E-state index in [9.17, 15) is 18.4 Å². The number of halogens is 3. The number of hydrogen-bond acceptors (Lipinski definition) is 2. The van der Waals surface area contributed by atoms with Crippen molar-refractivity contribution >= 4 is 16.7 Å². The monoisotopic (exact) mass is 337 g/mol. The van der Waals surface area contributed by atoms with E-state index >= 15 is 0 Å². The van der Waals surface area contributed by atoms with Gasteiger partial charge in [0, 0.05) is 11.8 Å². The molecule has 0 N–H and O–H groups in total. The predicted molar refractivity (Wildman–Crippen MR) is 87.9 cm³/mol. The van der Waals surface area contributed by atoms with Gasteiger partial charge in [-0.2, -0.15) is 18.4 Å². The maximum atomic E-state index is 13.0. The zero-order valence-electron chi connectivity index (χ0n) is 12.7. The molecule has 0 radical (unpaired) electrons. The fourth-order valence-corrected chi connectivity index (χ4v) is 2.94. The summed E-state index contributed by atoms with van der Waals surface area (Å²) in [6.07, 6.45) is -2.71. The molecule has 0 aliphatic heterocycles. The fourth-order valence-electron chi connectivity index (χ4n) is 2.94. The molecular formula is C19H10F3N3. The van der Waals surface area contributed by atoms with E-state index in [-0.39, 0.29) is 5.56 Å². The summed E-state index contributed by atoms with van der Waals surface area (Å²) in [6.45, 7) is 0. The number of aromatic nitrogens is 2. The van der Waals surface area contributed by atoms with Crippen molar-refractivity contribution in [1.29, 1.82) is 5.26 Å². The first kappa shape index (κ1) is 15.2. The summed E-state index contributed by atoms with van der Waals surface area (Å²) in [5.41, 5.74) is 2.25. The number of para-hydroxylation sites is 2. The Morgan fingerprint density at radius 3 is 2.56 bits per heavy atom. The van der Waals surface area contributed by atoms with Crippen molar-refractivity contribution in [2.24, 2.45) is 0 Å². The van der Waals surface area contributed by atoms with E-state index in [2.05, 4.69) is 11.1 Å². The molecular weight excluding hydrogens is 327 g/mol. The Morgan fingerprint density at radius 2 is 1.80 bits per heavy atom. The number of alkyl halides is 3. The maximum Gasteiger partial charge on any atom is 0.416 e. The van der Waals surface area contributed by atoms with Crippen molar-refractivity contribution in [3.05, 3.63) is 71.9 Å². The molecule has 0 atom stereocenters. The molecule has 0 aliphatic carbocycles. The second-order valence-corrected chi connectivity index (χ2v) is 5.59. The lowest BCUT2D eigenvalue weighted by atomic mass is 10.00. The molecule has 0 spiro atoms. The average Bonchev–Trinajstić information content (AvgIpc) is 2.99. The molecule has 122 valence electrons. The second kappa shape index (κ2) is 5.35. The number of nitrogens with zero attached hydrogens (tertiary/aromatic N) is 3. The summed E-state index contributed by atoms with van der Waals surface area (Å²) in [6, 6.07) is 16.1. The molecule has 4 rings (SSSR count). The van der Waals surface area contributed by atoms with Crippen LogP contribution in [0.3, 0.4) is 0 Å². The van der Waals surface area contributed by atoms with Gasteiger partial charge < -0.3 is 0 Å². The number of nitriles is 1. The van der Waals surface area contributed by atoms with Crippen LogP contribution in [0.15, 0.2) is 60.8 Å². The first-order chi connectivity index (χ1) is 12.0. The Morgan fingerprint density at radius 1 is 1.00 bits per heavy atom. The molecule has 2 aromatic carbocycles. The van der Waals surface area contributed by atoms with E-state index < -0.39 is 11.7 Å². The van der Waals surface area contributed by atoms with Crippen molar-refractivity contribution < 1.29 is 13.2 Å². The third kappa shape index (κ3) is 2.41. The fraction of sp³-hybridized carbons (Fsp3) is 0.0526. The van der Waals surface area contributed by atoms with Crippen LogP contribution in [0.1, 0.15) is 11.1 Å². The Labute approximate surface area is 140 Å². The Bertz CT molecular complexity index is 1150. The smallest absolute Gasteiger partial charge is 0.299 e. The van der Waals surface area contributed by atoms with E-state index in [4.69, 9.17) is 0 Å². The molecule has 0 fully saturated rings. The van der Waals surface area contributed by atoms with Crippen LogP contribution in [-0.2, 0) is 6.18 Å². The summed E-state index contributed by atoms with van der Waals surface area (Å²) in [5, 5.41) is 9.61. The lowest BCUT2D eigenvalue weighted by molar-refractivity contribution is -0.137. The molecule has 0 amide bonds. The van der Waals surface area contributed by atoms with Gasteiger partial charge in [-0.3, -0.25) is 4.40 Å². The zero-order valence-corrected chi connectivity index (χ0v) is 12.7. The van der Waals surface area contributed by atoms with Gasteiger partial charge in [-0.15, -0.1) is 0 Å². The molecule has 3 nitrogen and oxygen atoms in total. The lowest BCUT2D eigenvalue weighted by Gasteiger charge is -2.10. The molecule has 4 aromatic rings. The molecule has 0 aliphatic rings. The van der Waals surface area contributed by atoms with Crippen LogP contribution in [0.25, 0.3) is 27.8 Å². The minimum absolute atomic E-state index is 0.248. The van der Waals surface area contributed by atoms with Gasteiger partial charge in [0.2, 0.25) is 0 Å². The van der Waals surface area contributed by atoms with Crippen LogP contribution in [0, 0.1) is 11.3 Å². The second-order valence-electron chi connectivity index (χ2n) is 5.59. The van der Waals surface area contributed by atoms with Gasteiger partial charge in [0.1, 0.15) is 11.6 Å². The summed E-state index contributed by atoms with van der Waals surface area (Å²) in [4.78, 5) is 4.46. The normalized spacial score (nSPS) is 11.8. The number of pyridine rings is 1. The Hall–Kier alpha value is -3.33. The zero-order chi connectivity index (χ0) is 17.6. The summed E-state index contributed by atoms with van der Waals surface area (Å²) in [7, 11) is 0. The number of benzene rings is 2. The molecule has 2 aromatic heterocycles. The molecule has 0 saturated carbocycles. The van der Waals surface area contributed by atoms with Crippen LogP contribution in [0.5, 0.6) is 0 Å². The number of rotatable bonds is 1. The number of hydrogen-bond donors (Lipinski definition) is 0. The van der Waals surface area contributed by atoms with E-state index in [0.717, 1.165) is 23.2 Å². The third-order valence-electron chi connectivity index (χ3n) is 4.09. The van der Waals surface area contributed by atoms with Crippen molar-refractivity contribution in [1.82, 2.24) is 9.38 Å². The van der Waals surface area contributed by atoms with Gasteiger partial charge in [0.25, 0.3) is 0 Å². The minimum atomic E-state index is -4.44. The van der Waals surface area contributed by atoms with Gasteiger partial charge in [-0.1, -0.05) is 24.3 Å². The highest BCUT2D eigenvalue weighted by atomic mass is 19.4. The highest BCUT2D eigenvalue weighted by molar-refractivity contribution is 5.86. The van der Waals surface area contributed by atoms with Crippen LogP contribution in [-0.4, -0.2) is 9.38 Å². The van der Waals surface area contributed by atoms with E-state index in [1.54, 1.807) is 22.7 Å². The van der Waals surface area contributed by atoms with E-state index in [1.165, 1.54) is 6.07 Å². The van der Waals surface area contributed by atoms with E-state index in [1.807, 2.05) is 24.3 Å². The molecule has 25 heavy (non-hydrogen) atoms. The standard InChI is InChI=1S/C19H10F3N3/c20-19(21,22)13-5-3-4-12(10-13)14-8-9-25-17-7-2-1-6-16(17)24-18(25)15(14)11-23/h1-10H. The summed E-state index contributed by atoms with van der Waals surface area (Å²) >= 11 is 0. The van der Waals surface area contributed by atoms with E-state index in [0.29, 0.717) is 16.8 Å². The quantitative estimate of drug-likeness (QED) is 0.488. The first-order valence-electron chi connectivity index (χ1n) is 7.46. The van der Waals surface area contributed by atoms with Gasteiger partial charge >= 0.3 is 6.18 Å². The highest BCUT2D eigenvalue weighted by Gasteiger charge is 2.30. The lowest BCUT2D eigenvalue weighted by Crippen LogP contribution is -2.04. The molecule has 2 heterocycles. The van der Waals surface area contributed by atoms with Crippen molar-refractivity contribution in [2.45, 2.75) is 6.18 Å². The van der Waals surface area contributed by atoms with Crippen LogP contribution >= 0.6 is 0 Å². The highest BCUT2D eigenvalue weighted by Crippen LogP contribution is 2.34. The summed E-state index contributed by atoms with van der Waals surface area (Å²) < 4.78 is 40.7. The predicted octanol–water partition coefficient (Wildman–Crippen LogP) is 5.04. The van der Waals surface area contributed by atoms with Crippen LogP contribution < -0.4 is 0 Å². The van der Waals surface area contributed by atoms with Crippen LogP contribution in [0.4, 0.5) is 13.2 Å². The van der Waals surface area contributed by atoms with Crippen molar-refractivity contribution in [3.63, 3.8) is 0 Å². The van der Waals surface area contributed by atoms with Gasteiger partial charge in [-0.05, 0) is 35.9 Å².